The average molecular weight is 275 g/mol. The molecule has 1 aromatic heterocycles. The number of benzene rings is 1. The second kappa shape index (κ2) is 5.81. The van der Waals surface area contributed by atoms with Gasteiger partial charge in [0.1, 0.15) is 5.82 Å². The second-order valence-corrected chi connectivity index (χ2v) is 4.45. The van der Waals surface area contributed by atoms with Crippen LogP contribution in [0, 0.1) is 12.7 Å². The highest BCUT2D eigenvalue weighted by Gasteiger charge is 2.13. The molecule has 0 aliphatic rings. The largest absolute Gasteiger partial charge is 0.368 e. The Hall–Kier alpha value is -2.24. The molecule has 20 heavy (non-hydrogen) atoms. The number of nitrogens with two attached hydrogens (primary N) is 1. The number of hydrogen-bond acceptors (Lipinski definition) is 5. The summed E-state index contributed by atoms with van der Waals surface area (Å²) in [6, 6.07) is 4.52. The Balaban J connectivity index is 2.54. The topological polar surface area (TPSA) is 67.9 Å². The molecule has 6 heteroatoms. The van der Waals surface area contributed by atoms with E-state index in [9.17, 15) is 4.39 Å². The number of anilines is 2. The Bertz CT molecular complexity index is 611. The average Bonchev–Trinajstić information content (AvgIpc) is 2.42. The SMILES string of the molecule is CCN(CC)c1nc(N)nc(-c2cc(F)ccc2C)n1. The zero-order valence-corrected chi connectivity index (χ0v) is 11.9. The molecule has 0 fully saturated rings. The van der Waals surface area contributed by atoms with Gasteiger partial charge in [0.2, 0.25) is 11.9 Å². The molecule has 106 valence electrons. The number of nitrogen functional groups attached to an aromatic ring is 1. The number of aromatic nitrogens is 3. The Morgan fingerprint density at radius 2 is 1.85 bits per heavy atom. The summed E-state index contributed by atoms with van der Waals surface area (Å²) in [4.78, 5) is 14.6. The Morgan fingerprint density at radius 3 is 2.50 bits per heavy atom. The van der Waals surface area contributed by atoms with Crippen LogP contribution in [0.25, 0.3) is 11.4 Å². The standard InChI is InChI=1S/C14H18FN5/c1-4-20(5-2)14-18-12(17-13(16)19-14)11-8-10(15)7-6-9(11)3/h6-8H,4-5H2,1-3H3,(H2,16,17,18,19). The minimum atomic E-state index is -0.325. The van der Waals surface area contributed by atoms with Crippen LogP contribution in [0.15, 0.2) is 18.2 Å². The van der Waals surface area contributed by atoms with Gasteiger partial charge in [-0.25, -0.2) is 4.39 Å². The molecule has 0 saturated heterocycles. The van der Waals surface area contributed by atoms with E-state index in [1.807, 2.05) is 25.7 Å². The maximum Gasteiger partial charge on any atom is 0.230 e. The van der Waals surface area contributed by atoms with E-state index in [-0.39, 0.29) is 11.8 Å². The quantitative estimate of drug-likeness (QED) is 0.928. The predicted molar refractivity (Wildman–Crippen MR) is 77.9 cm³/mol. The maximum atomic E-state index is 13.4. The van der Waals surface area contributed by atoms with E-state index in [2.05, 4.69) is 15.0 Å². The Morgan fingerprint density at radius 1 is 1.15 bits per heavy atom. The first-order chi connectivity index (χ1) is 9.55. The van der Waals surface area contributed by atoms with Crippen molar-refractivity contribution in [3.05, 3.63) is 29.6 Å². The zero-order valence-electron chi connectivity index (χ0n) is 11.9. The smallest absolute Gasteiger partial charge is 0.230 e. The van der Waals surface area contributed by atoms with Crippen molar-refractivity contribution in [1.29, 1.82) is 0 Å². The lowest BCUT2D eigenvalue weighted by molar-refractivity contribution is 0.627. The van der Waals surface area contributed by atoms with Gasteiger partial charge >= 0.3 is 0 Å². The molecule has 0 radical (unpaired) electrons. The molecule has 1 aromatic carbocycles. The molecular formula is C14H18FN5. The molecule has 0 unspecified atom stereocenters. The molecule has 0 atom stereocenters. The van der Waals surface area contributed by atoms with Crippen LogP contribution >= 0.6 is 0 Å². The molecule has 1 heterocycles. The fourth-order valence-corrected chi connectivity index (χ4v) is 1.98. The van der Waals surface area contributed by atoms with Crippen molar-refractivity contribution in [3.8, 4) is 11.4 Å². The minimum absolute atomic E-state index is 0.139. The van der Waals surface area contributed by atoms with Crippen LogP contribution in [0.2, 0.25) is 0 Å². The van der Waals surface area contributed by atoms with Gasteiger partial charge in [0.05, 0.1) is 0 Å². The molecule has 2 aromatic rings. The molecule has 0 amide bonds. The van der Waals surface area contributed by atoms with Crippen molar-refractivity contribution in [3.63, 3.8) is 0 Å². The number of aryl methyl sites for hydroxylation is 1. The van der Waals surface area contributed by atoms with Crippen LogP contribution < -0.4 is 10.6 Å². The molecule has 0 bridgehead atoms. The van der Waals surface area contributed by atoms with Crippen LogP contribution in [-0.4, -0.2) is 28.0 Å². The molecule has 0 spiro atoms. The molecule has 0 saturated carbocycles. The fraction of sp³-hybridized carbons (Fsp3) is 0.357. The monoisotopic (exact) mass is 275 g/mol. The summed E-state index contributed by atoms with van der Waals surface area (Å²) in [7, 11) is 0. The minimum Gasteiger partial charge on any atom is -0.368 e. The van der Waals surface area contributed by atoms with E-state index in [1.54, 1.807) is 6.07 Å². The molecule has 0 aliphatic heterocycles. The Labute approximate surface area is 117 Å². The number of nitrogens with zero attached hydrogens (tertiary/aromatic N) is 4. The van der Waals surface area contributed by atoms with Crippen molar-refractivity contribution in [2.45, 2.75) is 20.8 Å². The first kappa shape index (κ1) is 14.2. The van der Waals surface area contributed by atoms with Crippen LogP contribution in [0.5, 0.6) is 0 Å². The molecule has 2 N–H and O–H groups in total. The summed E-state index contributed by atoms with van der Waals surface area (Å²) in [6.07, 6.45) is 0. The molecule has 5 nitrogen and oxygen atoms in total. The van der Waals surface area contributed by atoms with E-state index < -0.39 is 0 Å². The number of halogens is 1. The van der Waals surface area contributed by atoms with E-state index >= 15 is 0 Å². The van der Waals surface area contributed by atoms with Gasteiger partial charge in [-0.15, -0.1) is 0 Å². The summed E-state index contributed by atoms with van der Waals surface area (Å²) in [6.45, 7) is 7.43. The van der Waals surface area contributed by atoms with Crippen molar-refractivity contribution in [2.24, 2.45) is 0 Å². The molecule has 0 aliphatic carbocycles. The molecule has 2 rings (SSSR count). The predicted octanol–water partition coefficient (Wildman–Crippen LogP) is 2.41. The Kier molecular flexibility index (Phi) is 4.12. The molecular weight excluding hydrogens is 257 g/mol. The lowest BCUT2D eigenvalue weighted by Crippen LogP contribution is -2.25. The third kappa shape index (κ3) is 2.84. The van der Waals surface area contributed by atoms with Gasteiger partial charge in [-0.05, 0) is 38.5 Å². The highest BCUT2D eigenvalue weighted by Crippen LogP contribution is 2.23. The zero-order chi connectivity index (χ0) is 14.7. The highest BCUT2D eigenvalue weighted by molar-refractivity contribution is 5.62. The van der Waals surface area contributed by atoms with Crippen molar-refractivity contribution >= 4 is 11.9 Å². The first-order valence-corrected chi connectivity index (χ1v) is 6.58. The van der Waals surface area contributed by atoms with Gasteiger partial charge in [-0.2, -0.15) is 15.0 Å². The third-order valence-corrected chi connectivity index (χ3v) is 3.13. The second-order valence-electron chi connectivity index (χ2n) is 4.45. The van der Waals surface area contributed by atoms with E-state index in [4.69, 9.17) is 5.73 Å². The normalized spacial score (nSPS) is 10.6. The first-order valence-electron chi connectivity index (χ1n) is 6.58. The third-order valence-electron chi connectivity index (χ3n) is 3.13. The van der Waals surface area contributed by atoms with Gasteiger partial charge in [-0.3, -0.25) is 0 Å². The van der Waals surface area contributed by atoms with Gasteiger partial charge in [0.15, 0.2) is 5.82 Å². The summed E-state index contributed by atoms with van der Waals surface area (Å²) in [5.41, 5.74) is 7.27. The van der Waals surface area contributed by atoms with E-state index in [1.165, 1.54) is 12.1 Å². The van der Waals surface area contributed by atoms with Crippen LogP contribution in [0.3, 0.4) is 0 Å². The van der Waals surface area contributed by atoms with Crippen LogP contribution in [-0.2, 0) is 0 Å². The van der Waals surface area contributed by atoms with Crippen molar-refractivity contribution in [1.82, 2.24) is 15.0 Å². The van der Waals surface area contributed by atoms with Crippen LogP contribution in [0.4, 0.5) is 16.3 Å². The van der Waals surface area contributed by atoms with Gasteiger partial charge in [0, 0.05) is 18.7 Å². The fourth-order valence-electron chi connectivity index (χ4n) is 1.98. The van der Waals surface area contributed by atoms with Crippen LogP contribution in [0.1, 0.15) is 19.4 Å². The summed E-state index contributed by atoms with van der Waals surface area (Å²) in [5.74, 6) is 0.729. The number of hydrogen-bond donors (Lipinski definition) is 1. The lowest BCUT2D eigenvalue weighted by Gasteiger charge is -2.19. The van der Waals surface area contributed by atoms with Gasteiger partial charge < -0.3 is 10.6 Å². The van der Waals surface area contributed by atoms with E-state index in [0.29, 0.717) is 17.3 Å². The summed E-state index contributed by atoms with van der Waals surface area (Å²) in [5, 5.41) is 0. The van der Waals surface area contributed by atoms with Crippen molar-refractivity contribution < 1.29 is 4.39 Å². The van der Waals surface area contributed by atoms with E-state index in [0.717, 1.165) is 18.7 Å². The number of rotatable bonds is 4. The summed E-state index contributed by atoms with van der Waals surface area (Å²) < 4.78 is 13.4. The van der Waals surface area contributed by atoms with Gasteiger partial charge in [0.25, 0.3) is 0 Å². The highest BCUT2D eigenvalue weighted by atomic mass is 19.1. The van der Waals surface area contributed by atoms with Crippen molar-refractivity contribution in [2.75, 3.05) is 23.7 Å². The lowest BCUT2D eigenvalue weighted by atomic mass is 10.1. The maximum absolute atomic E-state index is 13.4. The van der Waals surface area contributed by atoms with Gasteiger partial charge in [-0.1, -0.05) is 6.07 Å². The summed E-state index contributed by atoms with van der Waals surface area (Å²) >= 11 is 0.